The zero-order valence-corrected chi connectivity index (χ0v) is 23.0. The van der Waals surface area contributed by atoms with Crippen LogP contribution in [0.1, 0.15) is 61.1 Å². The molecule has 15 heteroatoms. The molecule has 0 unspecified atom stereocenters. The Bertz CT molecular complexity index is 1520. The average molecular weight is 613 g/mol. The van der Waals surface area contributed by atoms with Crippen molar-refractivity contribution in [3.8, 4) is 0 Å². The topological polar surface area (TPSA) is 101 Å². The first-order chi connectivity index (χ1) is 18.3. The van der Waals surface area contributed by atoms with Gasteiger partial charge in [-0.1, -0.05) is 6.07 Å². The average Bonchev–Trinajstić information content (AvgIpc) is 3.73. The lowest BCUT2D eigenvalue weighted by atomic mass is 9.85. The van der Waals surface area contributed by atoms with Gasteiger partial charge in [0.25, 0.3) is 5.91 Å². The predicted molar refractivity (Wildman–Crippen MR) is 131 cm³/mol. The molecule has 1 amide bonds. The molecule has 2 aromatic rings. The number of sulfone groups is 2. The summed E-state index contributed by atoms with van der Waals surface area (Å²) in [7, 11) is -8.54. The number of likely N-dealkylation sites (tertiary alicyclic amines) is 1. The van der Waals surface area contributed by atoms with Crippen LogP contribution >= 0.6 is 0 Å². The van der Waals surface area contributed by atoms with Crippen molar-refractivity contribution in [2.75, 3.05) is 13.1 Å². The van der Waals surface area contributed by atoms with Crippen molar-refractivity contribution in [3.63, 3.8) is 0 Å². The molecule has 2 fully saturated rings. The summed E-state index contributed by atoms with van der Waals surface area (Å²) >= 11 is 0. The maximum Gasteiger partial charge on any atom is 0.433 e. The van der Waals surface area contributed by atoms with Gasteiger partial charge in [-0.05, 0) is 75.8 Å². The van der Waals surface area contributed by atoms with Crippen LogP contribution in [0.4, 0.5) is 26.3 Å². The minimum Gasteiger partial charge on any atom is -0.339 e. The first kappa shape index (κ1) is 30.3. The van der Waals surface area contributed by atoms with E-state index < -0.39 is 80.6 Å². The molecule has 2 aliphatic rings. The van der Waals surface area contributed by atoms with E-state index >= 15 is 0 Å². The Kier molecular flexibility index (Phi) is 7.57. The molecule has 220 valence electrons. The van der Waals surface area contributed by atoms with Crippen LogP contribution in [0.5, 0.6) is 0 Å². The minimum atomic E-state index is -4.93. The number of hydrogen-bond donors (Lipinski definition) is 0. The van der Waals surface area contributed by atoms with Crippen molar-refractivity contribution in [2.24, 2.45) is 5.92 Å². The number of alkyl halides is 6. The summed E-state index contributed by atoms with van der Waals surface area (Å²) in [6, 6.07) is 4.78. The van der Waals surface area contributed by atoms with E-state index in [2.05, 4.69) is 4.98 Å². The maximum atomic E-state index is 13.4. The van der Waals surface area contributed by atoms with E-state index in [1.807, 2.05) is 0 Å². The Morgan fingerprint density at radius 3 is 2.00 bits per heavy atom. The predicted octanol–water partition coefficient (Wildman–Crippen LogP) is 5.16. The van der Waals surface area contributed by atoms with E-state index in [0.717, 1.165) is 24.3 Å². The molecule has 2 heterocycles. The molecule has 0 spiro atoms. The van der Waals surface area contributed by atoms with E-state index in [0.29, 0.717) is 12.1 Å². The van der Waals surface area contributed by atoms with Crippen molar-refractivity contribution in [3.05, 3.63) is 53.2 Å². The number of carbonyl (C=O) groups excluding carboxylic acids is 1. The normalized spacial score (nSPS) is 18.1. The molecule has 0 bridgehead atoms. The molecule has 4 rings (SSSR count). The molecule has 0 N–H and O–H groups in total. The number of benzene rings is 1. The lowest BCUT2D eigenvalue weighted by Crippen LogP contribution is -2.48. The Morgan fingerprint density at radius 2 is 1.48 bits per heavy atom. The highest BCUT2D eigenvalue weighted by Gasteiger charge is 2.46. The van der Waals surface area contributed by atoms with Gasteiger partial charge in [0.05, 0.1) is 26.0 Å². The summed E-state index contributed by atoms with van der Waals surface area (Å²) in [6.07, 6.45) is -8.96. The van der Waals surface area contributed by atoms with Crippen LogP contribution in [0, 0.1) is 5.92 Å². The zero-order valence-electron chi connectivity index (χ0n) is 21.4. The summed E-state index contributed by atoms with van der Waals surface area (Å²) in [5, 5.41) is -1.84. The van der Waals surface area contributed by atoms with Gasteiger partial charge in [-0.3, -0.25) is 4.79 Å². The third-order valence-corrected chi connectivity index (χ3v) is 12.3. The zero-order chi connectivity index (χ0) is 29.9. The number of piperidine rings is 1. The fraction of sp³-hybridized carbons (Fsp3) is 0.520. The van der Waals surface area contributed by atoms with Crippen LogP contribution in [0.25, 0.3) is 0 Å². The maximum absolute atomic E-state index is 13.4. The van der Waals surface area contributed by atoms with Gasteiger partial charge in [0, 0.05) is 13.1 Å². The summed E-state index contributed by atoms with van der Waals surface area (Å²) in [4.78, 5) is 17.3. The van der Waals surface area contributed by atoms with Crippen molar-refractivity contribution in [1.82, 2.24) is 9.88 Å². The Morgan fingerprint density at radius 1 is 0.875 bits per heavy atom. The number of amides is 1. The molecular formula is C25H26F6N2O5S2. The SMILES string of the molecule is CC(C)(C1CCN(C(=O)c2ccc(C(F)(F)F)nc2S(=O)(=O)C2CC2)CC1)S(=O)(=O)c1cccc(C(F)(F)F)c1. The number of hydrogen-bond acceptors (Lipinski definition) is 6. The third kappa shape index (κ3) is 5.58. The van der Waals surface area contributed by atoms with Crippen LogP contribution in [0.3, 0.4) is 0 Å². The first-order valence-corrected chi connectivity index (χ1v) is 15.3. The molecule has 1 saturated heterocycles. The van der Waals surface area contributed by atoms with Gasteiger partial charge in [0.2, 0.25) is 0 Å². The highest BCUT2D eigenvalue weighted by atomic mass is 32.2. The van der Waals surface area contributed by atoms with E-state index in [-0.39, 0.29) is 38.8 Å². The van der Waals surface area contributed by atoms with Crippen molar-refractivity contribution in [1.29, 1.82) is 0 Å². The summed E-state index contributed by atoms with van der Waals surface area (Å²) in [5.41, 5.74) is -3.04. The standard InChI is InChI=1S/C25H26F6N2O5S2/c1-23(2,40(37,38)18-5-3-4-16(14-18)24(26,27)28)15-10-12-33(13-11-15)22(34)19-8-9-20(25(29,30)31)32-21(19)39(35,36)17-6-7-17/h3-5,8-9,14-15,17H,6-7,10-13H2,1-2H3. The number of aromatic nitrogens is 1. The van der Waals surface area contributed by atoms with Gasteiger partial charge >= 0.3 is 12.4 Å². The molecular weight excluding hydrogens is 586 g/mol. The van der Waals surface area contributed by atoms with E-state index in [4.69, 9.17) is 0 Å². The number of carbonyl (C=O) groups is 1. The quantitative estimate of drug-likeness (QED) is 0.418. The summed E-state index contributed by atoms with van der Waals surface area (Å²) in [6.45, 7) is 2.69. The summed E-state index contributed by atoms with van der Waals surface area (Å²) < 4.78 is 130. The van der Waals surface area contributed by atoms with Crippen LogP contribution in [0.2, 0.25) is 0 Å². The second-order valence-electron chi connectivity index (χ2n) is 10.5. The lowest BCUT2D eigenvalue weighted by Gasteiger charge is -2.40. The molecule has 1 aromatic heterocycles. The molecule has 1 aliphatic heterocycles. The fourth-order valence-corrected chi connectivity index (χ4v) is 8.41. The van der Waals surface area contributed by atoms with Crippen LogP contribution in [-0.2, 0) is 32.0 Å². The molecule has 0 atom stereocenters. The molecule has 1 aliphatic carbocycles. The second-order valence-corrected chi connectivity index (χ2v) is 15.2. The highest BCUT2D eigenvalue weighted by Crippen LogP contribution is 2.41. The van der Waals surface area contributed by atoms with E-state index in [1.165, 1.54) is 18.7 Å². The third-order valence-electron chi connectivity index (χ3n) is 7.54. The van der Waals surface area contributed by atoms with E-state index in [1.54, 1.807) is 0 Å². The number of nitrogens with zero attached hydrogens (tertiary/aromatic N) is 2. The Balaban J connectivity index is 1.56. The van der Waals surface area contributed by atoms with Gasteiger partial charge in [-0.2, -0.15) is 26.3 Å². The van der Waals surface area contributed by atoms with Gasteiger partial charge in [0.1, 0.15) is 5.69 Å². The van der Waals surface area contributed by atoms with Gasteiger partial charge in [0.15, 0.2) is 24.7 Å². The number of pyridine rings is 1. The van der Waals surface area contributed by atoms with Gasteiger partial charge in [-0.15, -0.1) is 0 Å². The van der Waals surface area contributed by atoms with Crippen molar-refractivity contribution >= 4 is 25.6 Å². The lowest BCUT2D eigenvalue weighted by molar-refractivity contribution is -0.141. The Labute approximate surface area is 227 Å². The molecule has 0 radical (unpaired) electrons. The van der Waals surface area contributed by atoms with Crippen LogP contribution in [-0.4, -0.2) is 55.7 Å². The minimum absolute atomic E-state index is 0.0466. The smallest absolute Gasteiger partial charge is 0.339 e. The Hall–Kier alpha value is -2.68. The fourth-order valence-electron chi connectivity index (χ4n) is 4.83. The van der Waals surface area contributed by atoms with Gasteiger partial charge in [-0.25, -0.2) is 21.8 Å². The van der Waals surface area contributed by atoms with Crippen molar-refractivity contribution < 1.29 is 48.0 Å². The van der Waals surface area contributed by atoms with E-state index in [9.17, 15) is 48.0 Å². The van der Waals surface area contributed by atoms with Crippen molar-refractivity contribution in [2.45, 2.75) is 71.8 Å². The largest absolute Gasteiger partial charge is 0.433 e. The monoisotopic (exact) mass is 612 g/mol. The molecule has 7 nitrogen and oxygen atoms in total. The second kappa shape index (κ2) is 10.00. The number of halogens is 6. The summed E-state index contributed by atoms with van der Waals surface area (Å²) in [5.74, 6) is -1.44. The molecule has 1 saturated carbocycles. The van der Waals surface area contributed by atoms with Gasteiger partial charge < -0.3 is 4.90 Å². The first-order valence-electron chi connectivity index (χ1n) is 12.3. The molecule has 40 heavy (non-hydrogen) atoms. The van der Waals surface area contributed by atoms with Crippen LogP contribution < -0.4 is 0 Å². The van der Waals surface area contributed by atoms with Crippen LogP contribution in [0.15, 0.2) is 46.3 Å². The molecule has 1 aromatic carbocycles. The highest BCUT2D eigenvalue weighted by molar-refractivity contribution is 7.93. The number of rotatable bonds is 6.